The van der Waals surface area contributed by atoms with E-state index in [1.54, 1.807) is 24.3 Å². The third-order valence-electron chi connectivity index (χ3n) is 3.42. The molecule has 2 aromatic rings. The van der Waals surface area contributed by atoms with Crippen LogP contribution in [0.4, 0.5) is 5.69 Å². The average molecular weight is 346 g/mol. The van der Waals surface area contributed by atoms with Crippen molar-refractivity contribution in [3.63, 3.8) is 0 Å². The van der Waals surface area contributed by atoms with Gasteiger partial charge in [-0.25, -0.2) is 0 Å². The zero-order valence-electron chi connectivity index (χ0n) is 12.4. The van der Waals surface area contributed by atoms with E-state index in [9.17, 15) is 14.9 Å². The lowest BCUT2D eigenvalue weighted by molar-refractivity contribution is -0.384. The first-order valence-electron chi connectivity index (χ1n) is 7.10. The number of carbonyl (C=O) groups excluding carboxylic acids is 1. The minimum atomic E-state index is -0.567. The zero-order valence-corrected chi connectivity index (χ0v) is 13.2. The summed E-state index contributed by atoms with van der Waals surface area (Å²) in [4.78, 5) is 22.6. The summed E-state index contributed by atoms with van der Waals surface area (Å²) in [5.74, 6) is 0.891. The van der Waals surface area contributed by atoms with E-state index in [0.29, 0.717) is 35.8 Å². The van der Waals surface area contributed by atoms with Crippen molar-refractivity contribution in [2.45, 2.75) is 0 Å². The summed E-state index contributed by atoms with van der Waals surface area (Å²) in [5, 5.41) is 10.9. The molecule has 0 aromatic heterocycles. The maximum atomic E-state index is 12.2. The molecule has 0 saturated carbocycles. The van der Waals surface area contributed by atoms with Crippen LogP contribution in [0.25, 0.3) is 6.08 Å². The first-order chi connectivity index (χ1) is 11.5. The van der Waals surface area contributed by atoms with Crippen molar-refractivity contribution in [3.8, 4) is 11.5 Å². The smallest absolute Gasteiger partial charge is 0.288 e. The first-order valence-corrected chi connectivity index (χ1v) is 7.48. The van der Waals surface area contributed by atoms with Crippen molar-refractivity contribution < 1.29 is 19.2 Å². The highest BCUT2D eigenvalue weighted by atomic mass is 35.5. The van der Waals surface area contributed by atoms with Gasteiger partial charge in [0.2, 0.25) is 0 Å². The Morgan fingerprint density at radius 3 is 2.62 bits per heavy atom. The van der Waals surface area contributed by atoms with Crippen LogP contribution in [-0.2, 0) is 0 Å². The molecule has 0 atom stereocenters. The molecule has 0 N–H and O–H groups in total. The lowest BCUT2D eigenvalue weighted by Gasteiger charge is -2.18. The molecular weight excluding hydrogens is 334 g/mol. The van der Waals surface area contributed by atoms with Crippen LogP contribution in [0.5, 0.6) is 11.5 Å². The van der Waals surface area contributed by atoms with E-state index in [1.165, 1.54) is 24.3 Å². The number of nitro benzene ring substituents is 1. The van der Waals surface area contributed by atoms with Gasteiger partial charge in [-0.2, -0.15) is 0 Å². The van der Waals surface area contributed by atoms with Crippen LogP contribution in [0.15, 0.2) is 42.5 Å². The van der Waals surface area contributed by atoms with Crippen molar-refractivity contribution in [3.05, 3.63) is 68.7 Å². The second-order valence-electron chi connectivity index (χ2n) is 5.02. The van der Waals surface area contributed by atoms with E-state index >= 15 is 0 Å². The average Bonchev–Trinajstić information content (AvgIpc) is 2.60. The molecule has 1 aliphatic rings. The standard InChI is InChI=1S/C17H12ClNO5/c18-13-4-1-11(9-14(13)19(21)22)2-5-15(20)12-3-6-16-17(10-12)24-8-7-23-16/h1-6,9-10H,7-8H2/b5-2+. The number of rotatable bonds is 4. The minimum Gasteiger partial charge on any atom is -0.486 e. The molecule has 0 saturated heterocycles. The Bertz CT molecular complexity index is 847. The van der Waals surface area contributed by atoms with Gasteiger partial charge in [-0.1, -0.05) is 23.7 Å². The fourth-order valence-corrected chi connectivity index (χ4v) is 2.42. The Morgan fingerprint density at radius 2 is 1.88 bits per heavy atom. The van der Waals surface area contributed by atoms with Gasteiger partial charge in [0.15, 0.2) is 17.3 Å². The minimum absolute atomic E-state index is 0.0512. The van der Waals surface area contributed by atoms with E-state index < -0.39 is 4.92 Å². The Morgan fingerprint density at radius 1 is 1.12 bits per heavy atom. The predicted octanol–water partition coefficient (Wildman–Crippen LogP) is 3.92. The van der Waals surface area contributed by atoms with Crippen LogP contribution in [0, 0.1) is 10.1 Å². The number of fused-ring (bicyclic) bond motifs is 1. The van der Waals surface area contributed by atoms with E-state index in [-0.39, 0.29) is 16.5 Å². The van der Waals surface area contributed by atoms with Gasteiger partial charge in [-0.05, 0) is 35.9 Å². The fourth-order valence-electron chi connectivity index (χ4n) is 2.24. The molecule has 7 heteroatoms. The summed E-state index contributed by atoms with van der Waals surface area (Å²) < 4.78 is 10.8. The molecule has 2 aromatic carbocycles. The maximum absolute atomic E-state index is 12.2. The van der Waals surface area contributed by atoms with Crippen molar-refractivity contribution in [1.29, 1.82) is 0 Å². The molecule has 6 nitrogen and oxygen atoms in total. The van der Waals surface area contributed by atoms with Crippen LogP contribution in [0.1, 0.15) is 15.9 Å². The number of nitro groups is 1. The van der Waals surface area contributed by atoms with Crippen molar-refractivity contribution in [2.75, 3.05) is 13.2 Å². The van der Waals surface area contributed by atoms with Crippen molar-refractivity contribution in [2.24, 2.45) is 0 Å². The molecule has 0 unspecified atom stereocenters. The number of halogens is 1. The normalized spacial score (nSPS) is 13.0. The lowest BCUT2D eigenvalue weighted by Crippen LogP contribution is -2.15. The molecule has 122 valence electrons. The number of allylic oxidation sites excluding steroid dienone is 1. The van der Waals surface area contributed by atoms with Crippen LogP contribution in [0.3, 0.4) is 0 Å². The van der Waals surface area contributed by atoms with Crippen molar-refractivity contribution in [1.82, 2.24) is 0 Å². The number of benzene rings is 2. The summed E-state index contributed by atoms with van der Waals surface area (Å²) in [6.45, 7) is 0.921. The highest BCUT2D eigenvalue weighted by Crippen LogP contribution is 2.31. The quantitative estimate of drug-likeness (QED) is 0.363. The Hall–Kier alpha value is -2.86. The van der Waals surface area contributed by atoms with Crippen LogP contribution in [-0.4, -0.2) is 23.9 Å². The number of ketones is 1. The largest absolute Gasteiger partial charge is 0.486 e. The monoisotopic (exact) mass is 345 g/mol. The van der Waals surface area contributed by atoms with Gasteiger partial charge in [0.1, 0.15) is 18.2 Å². The van der Waals surface area contributed by atoms with Crippen LogP contribution in [0.2, 0.25) is 5.02 Å². The molecule has 0 amide bonds. The fraction of sp³-hybridized carbons (Fsp3) is 0.118. The second kappa shape index (κ2) is 6.72. The SMILES string of the molecule is O=C(/C=C/c1ccc(Cl)c([N+](=O)[O-])c1)c1ccc2c(c1)OCCO2. The molecule has 1 heterocycles. The van der Waals surface area contributed by atoms with Gasteiger partial charge < -0.3 is 9.47 Å². The number of ether oxygens (including phenoxy) is 2. The number of nitrogens with zero attached hydrogens (tertiary/aromatic N) is 1. The second-order valence-corrected chi connectivity index (χ2v) is 5.43. The summed E-state index contributed by atoms with van der Waals surface area (Å²) in [7, 11) is 0. The molecule has 1 aliphatic heterocycles. The number of hydrogen-bond acceptors (Lipinski definition) is 5. The molecule has 3 rings (SSSR count). The lowest BCUT2D eigenvalue weighted by atomic mass is 10.1. The third-order valence-corrected chi connectivity index (χ3v) is 3.74. The van der Waals surface area contributed by atoms with Crippen LogP contribution >= 0.6 is 11.6 Å². The first kappa shape index (κ1) is 16.0. The summed E-state index contributed by atoms with van der Waals surface area (Å²) in [6.07, 6.45) is 2.85. The van der Waals surface area contributed by atoms with E-state index in [0.717, 1.165) is 0 Å². The summed E-state index contributed by atoms with van der Waals surface area (Å²) in [6, 6.07) is 9.28. The predicted molar refractivity (Wildman–Crippen MR) is 88.9 cm³/mol. The number of hydrogen-bond donors (Lipinski definition) is 0. The van der Waals surface area contributed by atoms with Gasteiger partial charge in [0, 0.05) is 11.6 Å². The van der Waals surface area contributed by atoms with Gasteiger partial charge in [-0.15, -0.1) is 0 Å². The molecule has 0 bridgehead atoms. The highest BCUT2D eigenvalue weighted by molar-refractivity contribution is 6.32. The van der Waals surface area contributed by atoms with Gasteiger partial charge in [0.05, 0.1) is 4.92 Å². The molecule has 0 radical (unpaired) electrons. The van der Waals surface area contributed by atoms with Crippen LogP contribution < -0.4 is 9.47 Å². The summed E-state index contributed by atoms with van der Waals surface area (Å²) in [5.41, 5.74) is 0.751. The molecule has 0 spiro atoms. The van der Waals surface area contributed by atoms with Gasteiger partial charge in [-0.3, -0.25) is 14.9 Å². The zero-order chi connectivity index (χ0) is 17.1. The van der Waals surface area contributed by atoms with Gasteiger partial charge >= 0.3 is 0 Å². The highest BCUT2D eigenvalue weighted by Gasteiger charge is 2.14. The van der Waals surface area contributed by atoms with E-state index in [1.807, 2.05) is 0 Å². The Kier molecular flexibility index (Phi) is 4.48. The van der Waals surface area contributed by atoms with E-state index in [4.69, 9.17) is 21.1 Å². The van der Waals surface area contributed by atoms with E-state index in [2.05, 4.69) is 0 Å². The molecule has 0 fully saturated rings. The molecular formula is C17H12ClNO5. The number of carbonyl (C=O) groups is 1. The topological polar surface area (TPSA) is 78.7 Å². The third kappa shape index (κ3) is 3.38. The molecule has 0 aliphatic carbocycles. The maximum Gasteiger partial charge on any atom is 0.288 e. The van der Waals surface area contributed by atoms with Crippen molar-refractivity contribution >= 4 is 29.1 Å². The van der Waals surface area contributed by atoms with Gasteiger partial charge in [0.25, 0.3) is 5.69 Å². The molecule has 24 heavy (non-hydrogen) atoms. The summed E-state index contributed by atoms with van der Waals surface area (Å²) >= 11 is 5.76. The Labute approximate surface area is 142 Å². The Balaban J connectivity index is 1.80.